The highest BCUT2D eigenvalue weighted by Crippen LogP contribution is 2.29. The fourth-order valence-electron chi connectivity index (χ4n) is 2.88. The van der Waals surface area contributed by atoms with E-state index in [9.17, 15) is 0 Å². The third kappa shape index (κ3) is 5.48. The van der Waals surface area contributed by atoms with E-state index in [1.165, 1.54) is 10.6 Å². The molecule has 0 aliphatic heterocycles. The average Bonchev–Trinajstić information content (AvgIpc) is 3.20. The molecule has 0 aliphatic carbocycles. The molecule has 0 unspecified atom stereocenters. The molecular weight excluding hydrogens is 436 g/mol. The summed E-state index contributed by atoms with van der Waals surface area (Å²) in [5.41, 5.74) is 4.24. The predicted molar refractivity (Wildman–Crippen MR) is 110 cm³/mol. The van der Waals surface area contributed by atoms with Crippen molar-refractivity contribution in [3.8, 4) is 0 Å². The van der Waals surface area contributed by atoms with Crippen molar-refractivity contribution >= 4 is 27.8 Å². The van der Waals surface area contributed by atoms with Crippen LogP contribution >= 0.6 is 11.3 Å². The summed E-state index contributed by atoms with van der Waals surface area (Å²) >= 11 is 1.57. The Balaban J connectivity index is 0.00000280. The molecule has 1 aromatic carbocycles. The maximum absolute atomic E-state index is 4.41. The Morgan fingerprint density at radius 3 is 2.57 bits per heavy atom. The lowest BCUT2D eigenvalue weighted by molar-refractivity contribution is -0.671. The highest BCUT2D eigenvalue weighted by Gasteiger charge is 2.09. The molecular formula is C20H27BrN6S. The van der Waals surface area contributed by atoms with Crippen LogP contribution in [0.3, 0.4) is 0 Å². The number of aryl methyl sites for hydroxylation is 4. The molecule has 0 fully saturated rings. The van der Waals surface area contributed by atoms with Gasteiger partial charge >= 0.3 is 0 Å². The van der Waals surface area contributed by atoms with Crippen LogP contribution in [0.2, 0.25) is 0 Å². The molecule has 0 aliphatic rings. The minimum absolute atomic E-state index is 0. The number of halogens is 1. The number of nitrogens with zero attached hydrogens (tertiary/aromatic N) is 6. The van der Waals surface area contributed by atoms with Crippen molar-refractivity contribution in [3.63, 3.8) is 0 Å². The van der Waals surface area contributed by atoms with E-state index < -0.39 is 0 Å². The van der Waals surface area contributed by atoms with Crippen LogP contribution in [-0.4, -0.2) is 22.6 Å². The van der Waals surface area contributed by atoms with Crippen molar-refractivity contribution in [2.45, 2.75) is 34.2 Å². The summed E-state index contributed by atoms with van der Waals surface area (Å²) in [4.78, 5) is 7.98. The molecule has 0 spiro atoms. The molecule has 3 rings (SSSR count). The first kappa shape index (κ1) is 22.2. The van der Waals surface area contributed by atoms with Gasteiger partial charge in [-0.25, -0.2) is 14.1 Å². The zero-order chi connectivity index (χ0) is 19.4. The van der Waals surface area contributed by atoms with Gasteiger partial charge in [0.1, 0.15) is 18.9 Å². The fraction of sp³-hybridized carbons (Fsp3) is 0.400. The van der Waals surface area contributed by atoms with Gasteiger partial charge in [-0.3, -0.25) is 0 Å². The summed E-state index contributed by atoms with van der Waals surface area (Å²) in [5, 5.41) is 9.42. The highest BCUT2D eigenvalue weighted by atomic mass is 79.9. The van der Waals surface area contributed by atoms with E-state index in [1.54, 1.807) is 11.3 Å². The van der Waals surface area contributed by atoms with Crippen molar-refractivity contribution in [1.29, 1.82) is 0 Å². The van der Waals surface area contributed by atoms with Gasteiger partial charge in [0.05, 0.1) is 25.0 Å². The van der Waals surface area contributed by atoms with Crippen molar-refractivity contribution in [2.75, 3.05) is 18.0 Å². The van der Waals surface area contributed by atoms with E-state index in [2.05, 4.69) is 80.9 Å². The van der Waals surface area contributed by atoms with Gasteiger partial charge in [0.25, 0.3) is 0 Å². The Morgan fingerprint density at radius 1 is 1.21 bits per heavy atom. The molecule has 0 bridgehead atoms. The molecule has 2 heterocycles. The molecule has 150 valence electrons. The first-order valence-corrected chi connectivity index (χ1v) is 10.00. The first-order chi connectivity index (χ1) is 13.0. The third-order valence-electron chi connectivity index (χ3n) is 4.64. The number of benzene rings is 1. The Labute approximate surface area is 181 Å². The number of anilines is 1. The first-order valence-electron chi connectivity index (χ1n) is 9.18. The van der Waals surface area contributed by atoms with Crippen molar-refractivity contribution in [3.05, 3.63) is 53.1 Å². The largest absolute Gasteiger partial charge is 1.00 e. The van der Waals surface area contributed by atoms with Gasteiger partial charge in [0.15, 0.2) is 0 Å². The standard InChI is InChI=1S/C20H27N6S.BrH/c1-6-26(12-11-25-10-9-24(5)14-25)18-7-8-19(15(2)13-18)22-23-20-21-16(3)17(4)27-20;/h7-10,13-14H,6,11-12H2,1-5H3;1H/q+1;/p-1. The lowest BCUT2D eigenvalue weighted by atomic mass is 10.1. The van der Waals surface area contributed by atoms with E-state index in [0.29, 0.717) is 5.13 Å². The molecule has 6 nitrogen and oxygen atoms in total. The highest BCUT2D eigenvalue weighted by molar-refractivity contribution is 7.15. The molecule has 0 radical (unpaired) electrons. The molecule has 0 N–H and O–H groups in total. The van der Waals surface area contributed by atoms with Crippen molar-refractivity contribution < 1.29 is 21.5 Å². The van der Waals surface area contributed by atoms with Gasteiger partial charge in [-0.15, -0.1) is 10.2 Å². The number of azo groups is 1. The zero-order valence-corrected chi connectivity index (χ0v) is 19.5. The number of imidazole rings is 1. The molecule has 0 amide bonds. The molecule has 2 aromatic heterocycles. The minimum atomic E-state index is 0. The van der Waals surface area contributed by atoms with Crippen molar-refractivity contribution in [2.24, 2.45) is 17.3 Å². The minimum Gasteiger partial charge on any atom is -1.00 e. The zero-order valence-electron chi connectivity index (χ0n) is 17.1. The maximum Gasteiger partial charge on any atom is 0.243 e. The van der Waals surface area contributed by atoms with Gasteiger partial charge in [-0.2, -0.15) is 0 Å². The predicted octanol–water partition coefficient (Wildman–Crippen LogP) is 1.64. The number of hydrogen-bond donors (Lipinski definition) is 0. The van der Waals surface area contributed by atoms with Gasteiger partial charge < -0.3 is 21.9 Å². The maximum atomic E-state index is 4.41. The molecule has 0 atom stereocenters. The summed E-state index contributed by atoms with van der Waals surface area (Å²) in [5.74, 6) is 0. The number of thiazole rings is 1. The molecule has 28 heavy (non-hydrogen) atoms. The van der Waals surface area contributed by atoms with Crippen LogP contribution in [0.15, 0.2) is 47.1 Å². The second-order valence-electron chi connectivity index (χ2n) is 6.71. The lowest BCUT2D eigenvalue weighted by Crippen LogP contribution is -3.00. The number of hydrogen-bond acceptors (Lipinski definition) is 5. The van der Waals surface area contributed by atoms with Crippen LogP contribution in [0, 0.1) is 20.8 Å². The van der Waals surface area contributed by atoms with Crippen LogP contribution in [0.5, 0.6) is 0 Å². The van der Waals surface area contributed by atoms with E-state index in [0.717, 1.165) is 36.6 Å². The lowest BCUT2D eigenvalue weighted by Gasteiger charge is -2.22. The van der Waals surface area contributed by atoms with Gasteiger partial charge in [0, 0.05) is 17.1 Å². The second kappa shape index (κ2) is 9.93. The summed E-state index contributed by atoms with van der Waals surface area (Å²) in [6.45, 7) is 11.2. The molecule has 3 aromatic rings. The van der Waals surface area contributed by atoms with Crippen LogP contribution < -0.4 is 26.4 Å². The Morgan fingerprint density at radius 2 is 2.00 bits per heavy atom. The fourth-order valence-corrected chi connectivity index (χ4v) is 3.62. The van der Waals surface area contributed by atoms with Crippen LogP contribution in [-0.2, 0) is 13.6 Å². The summed E-state index contributed by atoms with van der Waals surface area (Å²) in [6.07, 6.45) is 6.26. The van der Waals surface area contributed by atoms with Crippen LogP contribution in [0.25, 0.3) is 0 Å². The number of likely N-dealkylation sites (N-methyl/N-ethyl adjacent to an activating group) is 1. The van der Waals surface area contributed by atoms with Gasteiger partial charge in [-0.05, 0) is 51.5 Å². The quantitative estimate of drug-likeness (QED) is 0.395. The number of rotatable bonds is 7. The van der Waals surface area contributed by atoms with Crippen LogP contribution in [0.4, 0.5) is 16.5 Å². The third-order valence-corrected chi connectivity index (χ3v) is 5.60. The Bertz CT molecular complexity index is 927. The summed E-state index contributed by atoms with van der Waals surface area (Å²) in [6, 6.07) is 6.35. The number of aromatic nitrogens is 3. The molecule has 0 saturated heterocycles. The molecule has 0 saturated carbocycles. The van der Waals surface area contributed by atoms with E-state index >= 15 is 0 Å². The summed E-state index contributed by atoms with van der Waals surface area (Å²) in [7, 11) is 2.04. The SMILES string of the molecule is CCN(CCn1cc[n+](C)c1)c1ccc(N=Nc2nc(C)c(C)s2)c(C)c1.[Br-]. The van der Waals surface area contributed by atoms with Gasteiger partial charge in [-0.1, -0.05) is 11.3 Å². The molecule has 8 heteroatoms. The topological polar surface area (TPSA) is 49.7 Å². The second-order valence-corrected chi connectivity index (χ2v) is 7.89. The smallest absolute Gasteiger partial charge is 0.243 e. The van der Waals surface area contributed by atoms with Gasteiger partial charge in [0.2, 0.25) is 11.5 Å². The normalized spacial score (nSPS) is 11.0. The Kier molecular flexibility index (Phi) is 7.88. The van der Waals surface area contributed by atoms with Crippen molar-refractivity contribution in [1.82, 2.24) is 9.55 Å². The van der Waals surface area contributed by atoms with E-state index in [-0.39, 0.29) is 17.0 Å². The Hall–Kier alpha value is -2.06. The monoisotopic (exact) mass is 462 g/mol. The van der Waals surface area contributed by atoms with E-state index in [4.69, 9.17) is 0 Å². The average molecular weight is 463 g/mol. The van der Waals surface area contributed by atoms with Crippen LogP contribution in [0.1, 0.15) is 23.1 Å². The summed E-state index contributed by atoms with van der Waals surface area (Å²) < 4.78 is 4.27. The van der Waals surface area contributed by atoms with E-state index in [1.807, 2.05) is 20.0 Å².